The number of aryl methyl sites for hydroxylation is 1. The Morgan fingerprint density at radius 3 is 1.86 bits per heavy atom. The summed E-state index contributed by atoms with van der Waals surface area (Å²) >= 11 is 0. The zero-order chi connectivity index (χ0) is 21.3. The normalized spacial score (nSPS) is 13.5. The van der Waals surface area contributed by atoms with E-state index in [9.17, 15) is 20.4 Å². The number of aromatic hydroxyl groups is 4. The molecule has 2 aromatic carbocycles. The monoisotopic (exact) mass is 386 g/mol. The smallest absolute Gasteiger partial charge is 0.157 e. The first-order valence-electron chi connectivity index (χ1n) is 9.95. The SMILES string of the molecule is CCc1cc(O)c(O)cc1C(C)(C)CC(C)CC(C)(C)c1ccc(O)c(O)c1. The largest absolute Gasteiger partial charge is 0.504 e. The fourth-order valence-electron chi connectivity index (χ4n) is 4.53. The van der Waals surface area contributed by atoms with E-state index < -0.39 is 0 Å². The van der Waals surface area contributed by atoms with E-state index in [0.717, 1.165) is 36.0 Å². The molecular formula is C24H34O4. The van der Waals surface area contributed by atoms with Gasteiger partial charge in [0.2, 0.25) is 0 Å². The molecule has 0 fully saturated rings. The van der Waals surface area contributed by atoms with Gasteiger partial charge < -0.3 is 20.4 Å². The van der Waals surface area contributed by atoms with Crippen molar-refractivity contribution in [1.29, 1.82) is 0 Å². The van der Waals surface area contributed by atoms with Crippen molar-refractivity contribution < 1.29 is 20.4 Å². The van der Waals surface area contributed by atoms with Gasteiger partial charge in [-0.1, -0.05) is 47.6 Å². The molecule has 1 atom stereocenters. The summed E-state index contributed by atoms with van der Waals surface area (Å²) in [5, 5.41) is 39.3. The molecule has 0 spiro atoms. The third-order valence-corrected chi connectivity index (χ3v) is 5.78. The first kappa shape index (κ1) is 21.9. The van der Waals surface area contributed by atoms with E-state index in [2.05, 4.69) is 41.5 Å². The van der Waals surface area contributed by atoms with Crippen molar-refractivity contribution in [3.63, 3.8) is 0 Å². The Bertz CT molecular complexity index is 837. The summed E-state index contributed by atoms with van der Waals surface area (Å²) in [4.78, 5) is 0. The van der Waals surface area contributed by atoms with Crippen LogP contribution in [0, 0.1) is 5.92 Å². The minimum atomic E-state index is -0.164. The van der Waals surface area contributed by atoms with Crippen LogP contribution in [-0.2, 0) is 17.3 Å². The number of hydrogen-bond acceptors (Lipinski definition) is 4. The Morgan fingerprint density at radius 2 is 1.29 bits per heavy atom. The Balaban J connectivity index is 2.22. The van der Waals surface area contributed by atoms with Crippen LogP contribution in [-0.4, -0.2) is 20.4 Å². The van der Waals surface area contributed by atoms with Crippen LogP contribution in [0.4, 0.5) is 0 Å². The van der Waals surface area contributed by atoms with E-state index in [1.54, 1.807) is 18.2 Å². The predicted octanol–water partition coefficient (Wildman–Crippen LogP) is 5.74. The Labute approximate surface area is 168 Å². The van der Waals surface area contributed by atoms with Gasteiger partial charge in [-0.15, -0.1) is 0 Å². The van der Waals surface area contributed by atoms with Gasteiger partial charge in [-0.25, -0.2) is 0 Å². The molecule has 0 radical (unpaired) electrons. The van der Waals surface area contributed by atoms with Crippen molar-refractivity contribution in [2.75, 3.05) is 0 Å². The molecule has 28 heavy (non-hydrogen) atoms. The zero-order valence-electron chi connectivity index (χ0n) is 17.9. The summed E-state index contributed by atoms with van der Waals surface area (Å²) in [7, 11) is 0. The molecule has 154 valence electrons. The minimum Gasteiger partial charge on any atom is -0.504 e. The summed E-state index contributed by atoms with van der Waals surface area (Å²) in [5.74, 6) is 0.0332. The second-order valence-electron chi connectivity index (χ2n) is 9.34. The Morgan fingerprint density at radius 1 is 0.750 bits per heavy atom. The van der Waals surface area contributed by atoms with Crippen LogP contribution in [0.15, 0.2) is 30.3 Å². The molecule has 0 aliphatic rings. The lowest BCUT2D eigenvalue weighted by Gasteiger charge is -2.35. The van der Waals surface area contributed by atoms with Crippen molar-refractivity contribution in [3.05, 3.63) is 47.0 Å². The molecule has 0 bridgehead atoms. The van der Waals surface area contributed by atoms with Crippen LogP contribution < -0.4 is 0 Å². The van der Waals surface area contributed by atoms with E-state index in [1.807, 2.05) is 6.07 Å². The van der Waals surface area contributed by atoms with Crippen molar-refractivity contribution in [1.82, 2.24) is 0 Å². The fraction of sp³-hybridized carbons (Fsp3) is 0.500. The number of benzene rings is 2. The Hall–Kier alpha value is -2.36. The molecule has 0 aliphatic heterocycles. The van der Waals surface area contributed by atoms with Gasteiger partial charge in [0.05, 0.1) is 0 Å². The highest BCUT2D eigenvalue weighted by molar-refractivity contribution is 5.48. The molecule has 0 saturated carbocycles. The second kappa shape index (κ2) is 7.94. The van der Waals surface area contributed by atoms with E-state index in [1.165, 1.54) is 6.07 Å². The maximum atomic E-state index is 10.0. The molecule has 4 N–H and O–H groups in total. The number of phenols is 4. The summed E-state index contributed by atoms with van der Waals surface area (Å²) < 4.78 is 0. The molecule has 0 amide bonds. The van der Waals surface area contributed by atoms with Crippen LogP contribution >= 0.6 is 0 Å². The molecular weight excluding hydrogens is 352 g/mol. The van der Waals surface area contributed by atoms with Gasteiger partial charge >= 0.3 is 0 Å². The Kier molecular flexibility index (Phi) is 6.22. The highest BCUT2D eigenvalue weighted by atomic mass is 16.3. The maximum Gasteiger partial charge on any atom is 0.157 e. The molecule has 2 aromatic rings. The number of rotatable bonds is 7. The number of hydrogen-bond donors (Lipinski definition) is 4. The van der Waals surface area contributed by atoms with Gasteiger partial charge in [0.1, 0.15) is 0 Å². The third-order valence-electron chi connectivity index (χ3n) is 5.78. The standard InChI is InChI=1S/C24H34O4/c1-7-16-10-20(26)22(28)12-18(16)24(5,6)14-15(2)13-23(3,4)17-8-9-19(25)21(27)11-17/h8-12,15,25-28H,7,13-14H2,1-6H3. The van der Waals surface area contributed by atoms with Gasteiger partial charge in [0.25, 0.3) is 0 Å². The van der Waals surface area contributed by atoms with E-state index in [-0.39, 0.29) is 33.8 Å². The topological polar surface area (TPSA) is 80.9 Å². The lowest BCUT2D eigenvalue weighted by atomic mass is 9.70. The molecule has 1 unspecified atom stereocenters. The minimum absolute atomic E-state index is 0.0716. The first-order valence-corrected chi connectivity index (χ1v) is 9.95. The molecule has 2 rings (SSSR count). The van der Waals surface area contributed by atoms with E-state index >= 15 is 0 Å². The highest BCUT2D eigenvalue weighted by Crippen LogP contribution is 2.42. The van der Waals surface area contributed by atoms with Crippen LogP contribution in [0.1, 0.15) is 71.1 Å². The van der Waals surface area contributed by atoms with Crippen LogP contribution in [0.3, 0.4) is 0 Å². The average molecular weight is 387 g/mol. The van der Waals surface area contributed by atoms with Gasteiger partial charge in [-0.2, -0.15) is 0 Å². The second-order valence-corrected chi connectivity index (χ2v) is 9.34. The highest BCUT2D eigenvalue weighted by Gasteiger charge is 2.31. The quantitative estimate of drug-likeness (QED) is 0.457. The maximum absolute atomic E-state index is 10.0. The lowest BCUT2D eigenvalue weighted by Crippen LogP contribution is -2.27. The summed E-state index contributed by atoms with van der Waals surface area (Å²) in [6, 6.07) is 8.40. The summed E-state index contributed by atoms with van der Waals surface area (Å²) in [5.41, 5.74) is 2.78. The van der Waals surface area contributed by atoms with Crippen molar-refractivity contribution in [3.8, 4) is 23.0 Å². The van der Waals surface area contributed by atoms with Crippen molar-refractivity contribution in [2.24, 2.45) is 5.92 Å². The third kappa shape index (κ3) is 4.73. The van der Waals surface area contributed by atoms with Crippen LogP contribution in [0.5, 0.6) is 23.0 Å². The molecule has 0 saturated heterocycles. The van der Waals surface area contributed by atoms with Gasteiger partial charge in [-0.3, -0.25) is 0 Å². The molecule has 0 aliphatic carbocycles. The lowest BCUT2D eigenvalue weighted by molar-refractivity contribution is 0.303. The first-order chi connectivity index (χ1) is 12.9. The average Bonchev–Trinajstić information content (AvgIpc) is 2.57. The molecule has 4 heteroatoms. The van der Waals surface area contributed by atoms with Crippen LogP contribution in [0.2, 0.25) is 0 Å². The van der Waals surface area contributed by atoms with Gasteiger partial charge in [0, 0.05) is 0 Å². The van der Waals surface area contributed by atoms with E-state index in [4.69, 9.17) is 0 Å². The summed E-state index contributed by atoms with van der Waals surface area (Å²) in [6.45, 7) is 12.9. The number of phenolic OH excluding ortho intramolecular Hbond substituents is 4. The van der Waals surface area contributed by atoms with Gasteiger partial charge in [-0.05, 0) is 77.0 Å². The molecule has 4 nitrogen and oxygen atoms in total. The molecule has 0 heterocycles. The summed E-state index contributed by atoms with van der Waals surface area (Å²) in [6.07, 6.45) is 2.61. The van der Waals surface area contributed by atoms with Gasteiger partial charge in [0.15, 0.2) is 23.0 Å². The predicted molar refractivity (Wildman–Crippen MR) is 113 cm³/mol. The van der Waals surface area contributed by atoms with Crippen LogP contribution in [0.25, 0.3) is 0 Å². The molecule has 0 aromatic heterocycles. The van der Waals surface area contributed by atoms with E-state index in [0.29, 0.717) is 5.92 Å². The van der Waals surface area contributed by atoms with Crippen molar-refractivity contribution in [2.45, 2.75) is 71.6 Å². The fourth-order valence-corrected chi connectivity index (χ4v) is 4.53. The zero-order valence-corrected chi connectivity index (χ0v) is 17.9. The van der Waals surface area contributed by atoms with Crippen molar-refractivity contribution >= 4 is 0 Å².